The van der Waals surface area contributed by atoms with Crippen LogP contribution in [0.1, 0.15) is 33.5 Å². The van der Waals surface area contributed by atoms with Crippen LogP contribution in [0.15, 0.2) is 72.8 Å². The number of benzene rings is 3. The van der Waals surface area contributed by atoms with Crippen molar-refractivity contribution in [1.82, 2.24) is 5.32 Å². The molecule has 0 radical (unpaired) electrons. The number of nitrogens with one attached hydrogen (secondary N) is 2. The van der Waals surface area contributed by atoms with Gasteiger partial charge < -0.3 is 15.5 Å². The maximum Gasteiger partial charge on any atom is 0.253 e. The van der Waals surface area contributed by atoms with Crippen LogP contribution in [0.3, 0.4) is 0 Å². The van der Waals surface area contributed by atoms with E-state index in [4.69, 9.17) is 0 Å². The van der Waals surface area contributed by atoms with Crippen molar-refractivity contribution in [3.63, 3.8) is 0 Å². The summed E-state index contributed by atoms with van der Waals surface area (Å²) in [5.41, 5.74) is 4.77. The van der Waals surface area contributed by atoms with Gasteiger partial charge in [-0.1, -0.05) is 48.5 Å². The maximum absolute atomic E-state index is 13.0. The van der Waals surface area contributed by atoms with Gasteiger partial charge in [0.15, 0.2) is 0 Å². The van der Waals surface area contributed by atoms with Crippen LogP contribution >= 0.6 is 0 Å². The van der Waals surface area contributed by atoms with Gasteiger partial charge in [0.2, 0.25) is 11.8 Å². The van der Waals surface area contributed by atoms with Gasteiger partial charge in [-0.2, -0.15) is 0 Å². The number of rotatable bonds is 6. The molecule has 1 fully saturated rings. The monoisotopic (exact) mass is 441 g/mol. The Morgan fingerprint density at radius 2 is 1.61 bits per heavy atom. The summed E-state index contributed by atoms with van der Waals surface area (Å²) in [7, 11) is 0. The summed E-state index contributed by atoms with van der Waals surface area (Å²) in [6.45, 7) is 4.68. The van der Waals surface area contributed by atoms with Gasteiger partial charge in [0, 0.05) is 25.2 Å². The van der Waals surface area contributed by atoms with Gasteiger partial charge in [0.05, 0.1) is 17.2 Å². The van der Waals surface area contributed by atoms with E-state index >= 15 is 0 Å². The average Bonchev–Trinajstić information content (AvgIpc) is 3.20. The zero-order valence-corrected chi connectivity index (χ0v) is 18.8. The molecule has 1 aliphatic rings. The minimum atomic E-state index is -0.487. The molecule has 0 spiro atoms. The van der Waals surface area contributed by atoms with Gasteiger partial charge in [-0.15, -0.1) is 0 Å². The molecule has 168 valence electrons. The lowest BCUT2D eigenvalue weighted by Crippen LogP contribution is -2.29. The van der Waals surface area contributed by atoms with Crippen molar-refractivity contribution in [3.8, 4) is 0 Å². The summed E-state index contributed by atoms with van der Waals surface area (Å²) >= 11 is 0. The van der Waals surface area contributed by atoms with E-state index in [1.807, 2.05) is 62.4 Å². The maximum atomic E-state index is 13.0. The highest BCUT2D eigenvalue weighted by Gasteiger charge is 2.35. The SMILES string of the molecule is Cc1cc(C)cc(N2CC(C(=O)Nc3ccccc3C(=O)NCc3ccccc3)CC2=O)c1. The summed E-state index contributed by atoms with van der Waals surface area (Å²) in [5, 5.41) is 5.76. The molecule has 3 aromatic rings. The lowest BCUT2D eigenvalue weighted by atomic mass is 10.1. The summed E-state index contributed by atoms with van der Waals surface area (Å²) < 4.78 is 0. The van der Waals surface area contributed by atoms with E-state index in [1.54, 1.807) is 29.2 Å². The van der Waals surface area contributed by atoms with E-state index in [1.165, 1.54) is 0 Å². The molecule has 1 unspecified atom stereocenters. The molecule has 0 aromatic heterocycles. The first-order chi connectivity index (χ1) is 15.9. The number of aryl methyl sites for hydroxylation is 2. The van der Waals surface area contributed by atoms with Crippen molar-refractivity contribution in [2.75, 3.05) is 16.8 Å². The summed E-state index contributed by atoms with van der Waals surface area (Å²) in [4.78, 5) is 40.1. The Labute approximate surface area is 193 Å². The molecule has 6 nitrogen and oxygen atoms in total. The second kappa shape index (κ2) is 9.69. The molecule has 3 aromatic carbocycles. The Bertz CT molecular complexity index is 1170. The number of amides is 3. The number of anilines is 2. The third-order valence-electron chi connectivity index (χ3n) is 5.74. The molecule has 1 saturated heterocycles. The van der Waals surface area contributed by atoms with Crippen LogP contribution < -0.4 is 15.5 Å². The Balaban J connectivity index is 1.43. The van der Waals surface area contributed by atoms with Crippen LogP contribution in [-0.2, 0) is 16.1 Å². The van der Waals surface area contributed by atoms with Crippen LogP contribution in [0.2, 0.25) is 0 Å². The minimum Gasteiger partial charge on any atom is -0.348 e. The largest absolute Gasteiger partial charge is 0.348 e. The fraction of sp³-hybridized carbons (Fsp3) is 0.222. The smallest absolute Gasteiger partial charge is 0.253 e. The Morgan fingerprint density at radius 1 is 0.939 bits per heavy atom. The first-order valence-corrected chi connectivity index (χ1v) is 11.0. The Kier molecular flexibility index (Phi) is 6.54. The van der Waals surface area contributed by atoms with Crippen LogP contribution in [0.4, 0.5) is 11.4 Å². The lowest BCUT2D eigenvalue weighted by Gasteiger charge is -2.18. The van der Waals surface area contributed by atoms with Crippen LogP contribution in [0.25, 0.3) is 0 Å². The van der Waals surface area contributed by atoms with E-state index in [2.05, 4.69) is 10.6 Å². The minimum absolute atomic E-state index is 0.0750. The highest BCUT2D eigenvalue weighted by molar-refractivity contribution is 6.07. The highest BCUT2D eigenvalue weighted by Crippen LogP contribution is 2.28. The van der Waals surface area contributed by atoms with Crippen LogP contribution in [0.5, 0.6) is 0 Å². The third kappa shape index (κ3) is 5.29. The Morgan fingerprint density at radius 3 is 2.33 bits per heavy atom. The molecule has 3 amide bonds. The van der Waals surface area contributed by atoms with Gasteiger partial charge >= 0.3 is 0 Å². The molecule has 4 rings (SSSR count). The van der Waals surface area contributed by atoms with Gasteiger partial charge in [0.1, 0.15) is 0 Å². The van der Waals surface area contributed by atoms with Crippen molar-refractivity contribution in [2.45, 2.75) is 26.8 Å². The van der Waals surface area contributed by atoms with E-state index in [-0.39, 0.29) is 24.1 Å². The van der Waals surface area contributed by atoms with Crippen molar-refractivity contribution in [1.29, 1.82) is 0 Å². The third-order valence-corrected chi connectivity index (χ3v) is 5.74. The molecule has 33 heavy (non-hydrogen) atoms. The standard InChI is InChI=1S/C27H27N3O3/c1-18-12-19(2)14-22(13-18)30-17-21(15-25(30)31)26(32)29-24-11-7-6-10-23(24)27(33)28-16-20-8-4-3-5-9-20/h3-14,21H,15-17H2,1-2H3,(H,28,33)(H,29,32). The number of hydrogen-bond acceptors (Lipinski definition) is 3. The average molecular weight is 442 g/mol. The number of para-hydroxylation sites is 1. The molecule has 2 N–H and O–H groups in total. The summed E-state index contributed by atoms with van der Waals surface area (Å²) in [6, 6.07) is 22.5. The van der Waals surface area contributed by atoms with Crippen molar-refractivity contribution >= 4 is 29.1 Å². The molecule has 0 bridgehead atoms. The van der Waals surface area contributed by atoms with Gasteiger partial charge in [0.25, 0.3) is 5.91 Å². The number of carbonyl (C=O) groups is 3. The Hall–Kier alpha value is -3.93. The molecule has 1 heterocycles. The highest BCUT2D eigenvalue weighted by atomic mass is 16.2. The van der Waals surface area contributed by atoms with E-state index in [0.717, 1.165) is 22.4 Å². The van der Waals surface area contributed by atoms with E-state index in [0.29, 0.717) is 24.3 Å². The van der Waals surface area contributed by atoms with Gasteiger partial charge in [-0.3, -0.25) is 14.4 Å². The lowest BCUT2D eigenvalue weighted by molar-refractivity contribution is -0.122. The second-order valence-electron chi connectivity index (χ2n) is 8.45. The molecule has 1 atom stereocenters. The molecule has 0 aliphatic carbocycles. The van der Waals surface area contributed by atoms with E-state index < -0.39 is 5.92 Å². The van der Waals surface area contributed by atoms with Gasteiger partial charge in [-0.05, 0) is 54.8 Å². The zero-order chi connectivity index (χ0) is 23.4. The quantitative estimate of drug-likeness (QED) is 0.601. The predicted octanol–water partition coefficient (Wildman–Crippen LogP) is 4.23. The number of carbonyl (C=O) groups excluding carboxylic acids is 3. The number of nitrogens with zero attached hydrogens (tertiary/aromatic N) is 1. The predicted molar refractivity (Wildman–Crippen MR) is 129 cm³/mol. The molecule has 1 aliphatic heterocycles. The topological polar surface area (TPSA) is 78.5 Å². The molecule has 0 saturated carbocycles. The van der Waals surface area contributed by atoms with Crippen LogP contribution in [0, 0.1) is 19.8 Å². The van der Waals surface area contributed by atoms with Crippen LogP contribution in [-0.4, -0.2) is 24.3 Å². The summed E-state index contributed by atoms with van der Waals surface area (Å²) in [5.74, 6) is -1.10. The molecular formula is C27H27N3O3. The van der Waals surface area contributed by atoms with Crippen molar-refractivity contribution < 1.29 is 14.4 Å². The first kappa shape index (κ1) is 22.3. The zero-order valence-electron chi connectivity index (χ0n) is 18.8. The second-order valence-corrected chi connectivity index (χ2v) is 8.45. The summed E-state index contributed by atoms with van der Waals surface area (Å²) in [6.07, 6.45) is 0.140. The fourth-order valence-corrected chi connectivity index (χ4v) is 4.14. The van der Waals surface area contributed by atoms with Crippen molar-refractivity contribution in [3.05, 3.63) is 95.1 Å². The first-order valence-electron chi connectivity index (χ1n) is 11.0. The van der Waals surface area contributed by atoms with E-state index in [9.17, 15) is 14.4 Å². The number of hydrogen-bond donors (Lipinski definition) is 2. The molecular weight excluding hydrogens is 414 g/mol. The fourth-order valence-electron chi connectivity index (χ4n) is 4.14. The van der Waals surface area contributed by atoms with Crippen molar-refractivity contribution in [2.24, 2.45) is 5.92 Å². The van der Waals surface area contributed by atoms with Gasteiger partial charge in [-0.25, -0.2) is 0 Å². The molecule has 6 heteroatoms. The normalized spacial score (nSPS) is 15.4.